The van der Waals surface area contributed by atoms with Gasteiger partial charge in [0.2, 0.25) is 10.0 Å². The van der Waals surface area contributed by atoms with Crippen molar-refractivity contribution in [2.24, 2.45) is 0 Å². The summed E-state index contributed by atoms with van der Waals surface area (Å²) in [7, 11) is -1.20. The molecule has 1 aromatic heterocycles. The fraction of sp³-hybridized carbons (Fsp3) is 0.333. The highest BCUT2D eigenvalue weighted by molar-refractivity contribution is 7.89. The summed E-state index contributed by atoms with van der Waals surface area (Å²) in [4.78, 5) is 11.7. The van der Waals surface area contributed by atoms with Crippen LogP contribution in [-0.2, 0) is 27.8 Å². The number of fused-ring (bicyclic) bond motifs is 1. The second-order valence-corrected chi connectivity index (χ2v) is 7.15. The molecule has 128 valence electrons. The predicted octanol–water partition coefficient (Wildman–Crippen LogP) is 0.883. The van der Waals surface area contributed by atoms with Gasteiger partial charge in [0.1, 0.15) is 10.6 Å². The third-order valence-corrected chi connectivity index (χ3v) is 5.77. The molecule has 24 heavy (non-hydrogen) atoms. The first-order chi connectivity index (χ1) is 11.5. The Hall–Kier alpha value is -2.39. The standard InChI is InChI=1S/C15H17N3O5S/c1-22-13-4-3-11(15(19)23-2)9-14(13)24(20,21)17-7-8-18-12(10-17)5-6-16-18/h3-6,9H,7-8,10H2,1-2H3. The van der Waals surface area contributed by atoms with Crippen molar-refractivity contribution in [1.29, 1.82) is 0 Å². The van der Waals surface area contributed by atoms with Crippen LogP contribution in [0.2, 0.25) is 0 Å². The van der Waals surface area contributed by atoms with Crippen LogP contribution in [0.4, 0.5) is 0 Å². The topological polar surface area (TPSA) is 90.7 Å². The van der Waals surface area contributed by atoms with Gasteiger partial charge < -0.3 is 9.47 Å². The van der Waals surface area contributed by atoms with E-state index < -0.39 is 16.0 Å². The minimum atomic E-state index is -3.83. The maximum Gasteiger partial charge on any atom is 0.337 e. The molecule has 0 saturated heterocycles. The fourth-order valence-electron chi connectivity index (χ4n) is 2.63. The van der Waals surface area contributed by atoms with Crippen LogP contribution < -0.4 is 4.74 Å². The van der Waals surface area contributed by atoms with E-state index in [0.717, 1.165) is 5.69 Å². The largest absolute Gasteiger partial charge is 0.495 e. The second kappa shape index (κ2) is 6.25. The van der Waals surface area contributed by atoms with Gasteiger partial charge in [0, 0.05) is 12.7 Å². The van der Waals surface area contributed by atoms with Gasteiger partial charge in [0.05, 0.1) is 38.6 Å². The van der Waals surface area contributed by atoms with Gasteiger partial charge in [-0.15, -0.1) is 0 Å². The van der Waals surface area contributed by atoms with Crippen LogP contribution >= 0.6 is 0 Å². The van der Waals surface area contributed by atoms with E-state index in [2.05, 4.69) is 9.84 Å². The number of benzene rings is 1. The Labute approximate surface area is 139 Å². The molecule has 0 unspecified atom stereocenters. The molecule has 1 aliphatic rings. The summed E-state index contributed by atoms with van der Waals surface area (Å²) >= 11 is 0. The van der Waals surface area contributed by atoms with Crippen LogP contribution in [0.3, 0.4) is 0 Å². The van der Waals surface area contributed by atoms with Crippen LogP contribution in [-0.4, -0.2) is 49.2 Å². The number of ether oxygens (including phenoxy) is 2. The van der Waals surface area contributed by atoms with E-state index in [1.807, 2.05) is 0 Å². The Morgan fingerprint density at radius 3 is 2.71 bits per heavy atom. The number of hydrogen-bond donors (Lipinski definition) is 0. The number of hydrogen-bond acceptors (Lipinski definition) is 6. The van der Waals surface area contributed by atoms with Gasteiger partial charge in [0.15, 0.2) is 0 Å². The number of nitrogens with zero attached hydrogens (tertiary/aromatic N) is 3. The number of rotatable bonds is 4. The highest BCUT2D eigenvalue weighted by atomic mass is 32.2. The maximum absolute atomic E-state index is 13.0. The summed E-state index contributed by atoms with van der Waals surface area (Å²) in [6.45, 7) is 0.983. The lowest BCUT2D eigenvalue weighted by molar-refractivity contribution is 0.0600. The molecule has 0 saturated carbocycles. The number of esters is 1. The number of methoxy groups -OCH3 is 2. The van der Waals surface area contributed by atoms with Crippen molar-refractivity contribution in [3.8, 4) is 5.75 Å². The van der Waals surface area contributed by atoms with E-state index in [4.69, 9.17) is 4.74 Å². The lowest BCUT2D eigenvalue weighted by atomic mass is 10.2. The van der Waals surface area contributed by atoms with Crippen molar-refractivity contribution in [1.82, 2.24) is 14.1 Å². The van der Waals surface area contributed by atoms with E-state index in [-0.39, 0.29) is 22.8 Å². The fourth-order valence-corrected chi connectivity index (χ4v) is 4.21. The van der Waals surface area contributed by atoms with Crippen molar-refractivity contribution >= 4 is 16.0 Å². The lowest BCUT2D eigenvalue weighted by Crippen LogP contribution is -2.38. The van der Waals surface area contributed by atoms with E-state index in [0.29, 0.717) is 13.1 Å². The molecule has 3 rings (SSSR count). The van der Waals surface area contributed by atoms with Crippen molar-refractivity contribution in [3.05, 3.63) is 41.7 Å². The van der Waals surface area contributed by atoms with Gasteiger partial charge in [0.25, 0.3) is 0 Å². The van der Waals surface area contributed by atoms with E-state index >= 15 is 0 Å². The highest BCUT2D eigenvalue weighted by Crippen LogP contribution is 2.30. The normalized spacial score (nSPS) is 14.9. The van der Waals surface area contributed by atoms with Gasteiger partial charge in [-0.05, 0) is 24.3 Å². The molecule has 0 N–H and O–H groups in total. The molecule has 0 spiro atoms. The van der Waals surface area contributed by atoms with Gasteiger partial charge >= 0.3 is 5.97 Å². The molecular weight excluding hydrogens is 334 g/mol. The summed E-state index contributed by atoms with van der Waals surface area (Å²) in [6.07, 6.45) is 1.64. The van der Waals surface area contributed by atoms with E-state index in [1.54, 1.807) is 16.9 Å². The Balaban J connectivity index is 2.01. The van der Waals surface area contributed by atoms with Gasteiger partial charge in [-0.3, -0.25) is 4.68 Å². The zero-order valence-electron chi connectivity index (χ0n) is 13.3. The van der Waals surface area contributed by atoms with Gasteiger partial charge in [-0.1, -0.05) is 0 Å². The highest BCUT2D eigenvalue weighted by Gasteiger charge is 2.31. The smallest absolute Gasteiger partial charge is 0.337 e. The summed E-state index contributed by atoms with van der Waals surface area (Å²) in [6, 6.07) is 5.98. The molecule has 2 heterocycles. The molecule has 0 radical (unpaired) electrons. The minimum Gasteiger partial charge on any atom is -0.495 e. The van der Waals surface area contributed by atoms with Crippen molar-refractivity contribution in [3.63, 3.8) is 0 Å². The van der Waals surface area contributed by atoms with E-state index in [1.165, 1.54) is 36.7 Å². The molecule has 0 bridgehead atoms. The SMILES string of the molecule is COC(=O)c1ccc(OC)c(S(=O)(=O)N2CCn3nccc3C2)c1. The molecule has 9 heteroatoms. The average Bonchev–Trinajstić information content (AvgIpc) is 3.08. The third kappa shape index (κ3) is 2.76. The third-order valence-electron chi connectivity index (χ3n) is 3.91. The Kier molecular flexibility index (Phi) is 4.29. The summed E-state index contributed by atoms with van der Waals surface area (Å²) < 4.78 is 39.0. The molecule has 1 aliphatic heterocycles. The second-order valence-electron chi connectivity index (χ2n) is 5.24. The minimum absolute atomic E-state index is 0.0548. The maximum atomic E-state index is 13.0. The van der Waals surface area contributed by atoms with E-state index in [9.17, 15) is 13.2 Å². The lowest BCUT2D eigenvalue weighted by Gasteiger charge is -2.27. The first-order valence-electron chi connectivity index (χ1n) is 7.24. The number of sulfonamides is 1. The number of carbonyl (C=O) groups excluding carboxylic acids is 1. The molecule has 0 atom stereocenters. The van der Waals surface area contributed by atoms with Crippen LogP contribution in [0.5, 0.6) is 5.75 Å². The predicted molar refractivity (Wildman–Crippen MR) is 84.2 cm³/mol. The van der Waals surface area contributed by atoms with Crippen LogP contribution in [0.1, 0.15) is 16.1 Å². The molecule has 8 nitrogen and oxygen atoms in total. The summed E-state index contributed by atoms with van der Waals surface area (Å²) in [5.74, 6) is -0.424. The van der Waals surface area contributed by atoms with Crippen LogP contribution in [0.15, 0.2) is 35.4 Å². The van der Waals surface area contributed by atoms with Crippen molar-refractivity contribution in [2.45, 2.75) is 18.0 Å². The first-order valence-corrected chi connectivity index (χ1v) is 8.68. The zero-order chi connectivity index (χ0) is 17.3. The van der Waals surface area contributed by atoms with Crippen LogP contribution in [0, 0.1) is 0 Å². The number of carbonyl (C=O) groups is 1. The molecule has 2 aromatic rings. The summed E-state index contributed by atoms with van der Waals surface area (Å²) in [5.41, 5.74) is 0.965. The molecule has 0 aliphatic carbocycles. The molecule has 0 fully saturated rings. The quantitative estimate of drug-likeness (QED) is 0.760. The van der Waals surface area contributed by atoms with Gasteiger partial charge in [-0.2, -0.15) is 9.40 Å². The first kappa shape index (κ1) is 16.5. The Morgan fingerprint density at radius 2 is 2.00 bits per heavy atom. The van der Waals surface area contributed by atoms with Gasteiger partial charge in [-0.25, -0.2) is 13.2 Å². The average molecular weight is 351 g/mol. The van der Waals surface area contributed by atoms with Crippen molar-refractivity contribution < 1.29 is 22.7 Å². The Morgan fingerprint density at radius 1 is 1.21 bits per heavy atom. The molecule has 0 amide bonds. The molecule has 1 aromatic carbocycles. The monoisotopic (exact) mass is 351 g/mol. The number of aromatic nitrogens is 2. The molecular formula is C15H17N3O5S. The Bertz CT molecular complexity index is 875. The van der Waals surface area contributed by atoms with Crippen LogP contribution in [0.25, 0.3) is 0 Å². The zero-order valence-corrected chi connectivity index (χ0v) is 14.1. The summed E-state index contributed by atoms with van der Waals surface area (Å²) in [5, 5.41) is 4.14. The van der Waals surface area contributed by atoms with Crippen molar-refractivity contribution in [2.75, 3.05) is 20.8 Å².